The van der Waals surface area contributed by atoms with Gasteiger partial charge in [-0.1, -0.05) is 63.2 Å². The van der Waals surface area contributed by atoms with Gasteiger partial charge >= 0.3 is 0 Å². The Morgan fingerprint density at radius 3 is 2.40 bits per heavy atom. The summed E-state index contributed by atoms with van der Waals surface area (Å²) in [4.78, 5) is 59.6. The number of nitrogens with zero attached hydrogens (tertiary/aromatic N) is 3. The van der Waals surface area contributed by atoms with E-state index >= 15 is 0 Å². The molecular formula is C43H50N6O7S. The van der Waals surface area contributed by atoms with Gasteiger partial charge in [-0.15, -0.1) is 11.3 Å². The minimum Gasteiger partial charge on any atom is -0.494 e. The molecular weight excluding hydrogens is 745 g/mol. The zero-order valence-corrected chi connectivity index (χ0v) is 33.6. The van der Waals surface area contributed by atoms with Crippen molar-refractivity contribution >= 4 is 45.9 Å². The Labute approximate surface area is 336 Å². The molecule has 5 N–H and O–H groups in total. The van der Waals surface area contributed by atoms with Crippen LogP contribution in [0.15, 0.2) is 84.5 Å². The molecule has 300 valence electrons. The van der Waals surface area contributed by atoms with Crippen LogP contribution in [0.4, 0.5) is 0 Å². The number of ether oxygens (including phenoxy) is 1. The second kappa shape index (κ2) is 17.7. The van der Waals surface area contributed by atoms with E-state index in [4.69, 9.17) is 9.94 Å². The molecule has 0 spiro atoms. The minimum atomic E-state index is -0.921. The van der Waals surface area contributed by atoms with Crippen LogP contribution in [0.5, 0.6) is 5.75 Å². The number of hydrogen-bond acceptors (Lipinski definition) is 9. The van der Waals surface area contributed by atoms with Crippen molar-refractivity contribution in [3.05, 3.63) is 107 Å². The van der Waals surface area contributed by atoms with Crippen LogP contribution in [0.1, 0.15) is 80.2 Å². The molecule has 0 unspecified atom stereocenters. The Hall–Kier alpha value is -5.57. The molecule has 1 fully saturated rings. The second-order valence-electron chi connectivity index (χ2n) is 15.6. The largest absolute Gasteiger partial charge is 0.494 e. The fourth-order valence-electron chi connectivity index (χ4n) is 7.09. The lowest BCUT2D eigenvalue weighted by Gasteiger charge is -2.35. The number of amides is 4. The molecule has 3 aromatic carbocycles. The van der Waals surface area contributed by atoms with Gasteiger partial charge < -0.3 is 29.9 Å². The van der Waals surface area contributed by atoms with Gasteiger partial charge in [-0.25, -0.2) is 10.5 Å². The molecule has 57 heavy (non-hydrogen) atoms. The first-order valence-corrected chi connectivity index (χ1v) is 19.9. The fourth-order valence-corrected chi connectivity index (χ4v) is 7.90. The summed E-state index contributed by atoms with van der Waals surface area (Å²) < 4.78 is 7.93. The maximum atomic E-state index is 14.0. The molecule has 3 heterocycles. The molecule has 0 radical (unpaired) electrons. The highest BCUT2D eigenvalue weighted by molar-refractivity contribution is 7.13. The van der Waals surface area contributed by atoms with Gasteiger partial charge in [0.25, 0.3) is 5.91 Å². The first-order valence-electron chi connectivity index (χ1n) is 19.1. The van der Waals surface area contributed by atoms with E-state index in [2.05, 4.69) is 15.6 Å². The molecule has 4 amide bonds. The number of likely N-dealkylation sites (tertiary alicyclic amines) is 1. The zero-order valence-electron chi connectivity index (χ0n) is 32.8. The summed E-state index contributed by atoms with van der Waals surface area (Å²) in [6.07, 6.45) is 1.71. The summed E-state index contributed by atoms with van der Waals surface area (Å²) >= 11 is 1.57. The molecule has 6 rings (SSSR count). The zero-order chi connectivity index (χ0) is 40.9. The number of aromatic nitrogens is 2. The molecule has 1 saturated heterocycles. The van der Waals surface area contributed by atoms with Gasteiger partial charge in [0.1, 0.15) is 17.8 Å². The van der Waals surface area contributed by atoms with Crippen LogP contribution < -0.4 is 20.9 Å². The standard InChI is InChI=1S/C43H50N6O7S/c1-26(29-10-13-31(14-11-29)38-27(2)44-25-57-38)45-41(53)36-22-33(50)24-49(36)42(54)39(43(3,4)5)46-37(51)7-6-20-56-34-16-8-28(9-17-34)23-48-19-18-30-12-15-32(21-35(30)48)40(52)47-55/h8-19,21,25-26,33,36,39,50,55H,6-7,20,22-24H2,1-5H3,(H,45,53)(H,46,51)(H,47,52)/t26-,33+,36-,39+/m0/s1. The fraction of sp³-hybridized carbons (Fsp3) is 0.372. The average molecular weight is 795 g/mol. The molecule has 0 saturated carbocycles. The number of carbonyl (C=O) groups is 4. The SMILES string of the molecule is Cc1ncsc1-c1ccc([C@H](C)NC(=O)[C@@H]2C[C@@H](O)CN2C(=O)[C@@H](NC(=O)CCCOc2ccc(Cn3ccc4ccc(C(=O)NO)cc43)cc2)C(C)(C)C)cc1. The Morgan fingerprint density at radius 1 is 1.00 bits per heavy atom. The van der Waals surface area contributed by atoms with Crippen LogP contribution in [0.2, 0.25) is 0 Å². The Balaban J connectivity index is 0.992. The van der Waals surface area contributed by atoms with E-state index in [-0.39, 0.29) is 43.8 Å². The molecule has 2 aromatic heterocycles. The van der Waals surface area contributed by atoms with Gasteiger partial charge in [0, 0.05) is 43.2 Å². The van der Waals surface area contributed by atoms with E-state index in [0.717, 1.165) is 38.2 Å². The lowest BCUT2D eigenvalue weighted by molar-refractivity contribution is -0.144. The number of aliphatic hydroxyl groups excluding tert-OH is 1. The van der Waals surface area contributed by atoms with Crippen molar-refractivity contribution in [1.82, 2.24) is 30.6 Å². The Morgan fingerprint density at radius 2 is 1.74 bits per heavy atom. The number of hydrogen-bond donors (Lipinski definition) is 5. The van der Waals surface area contributed by atoms with Gasteiger partial charge in [-0.2, -0.15) is 0 Å². The quantitative estimate of drug-likeness (QED) is 0.0535. The average Bonchev–Trinajstić information content (AvgIpc) is 3.93. The smallest absolute Gasteiger partial charge is 0.274 e. The van der Waals surface area contributed by atoms with Gasteiger partial charge in [-0.05, 0) is 78.1 Å². The molecule has 4 atom stereocenters. The normalized spacial score (nSPS) is 16.6. The van der Waals surface area contributed by atoms with Crippen molar-refractivity contribution in [3.8, 4) is 16.2 Å². The lowest BCUT2D eigenvalue weighted by Crippen LogP contribution is -2.57. The van der Waals surface area contributed by atoms with E-state index in [1.165, 1.54) is 4.90 Å². The number of β-amino-alcohol motifs (C(OH)–C–C–N with tert-alkyl or cyclic N) is 1. The van der Waals surface area contributed by atoms with E-state index < -0.39 is 35.4 Å². The number of benzene rings is 3. The summed E-state index contributed by atoms with van der Waals surface area (Å²) in [5, 5.41) is 26.5. The lowest BCUT2D eigenvalue weighted by atomic mass is 9.85. The summed E-state index contributed by atoms with van der Waals surface area (Å²) in [7, 11) is 0. The Bertz CT molecular complexity index is 2210. The van der Waals surface area contributed by atoms with Crippen molar-refractivity contribution in [1.29, 1.82) is 0 Å². The highest BCUT2D eigenvalue weighted by Gasteiger charge is 2.44. The topological polar surface area (TPSA) is 175 Å². The molecule has 0 aliphatic carbocycles. The van der Waals surface area contributed by atoms with E-state index in [9.17, 15) is 24.3 Å². The monoisotopic (exact) mass is 794 g/mol. The molecule has 14 heteroatoms. The number of rotatable bonds is 14. The first kappa shape index (κ1) is 41.1. The second-order valence-corrected chi connectivity index (χ2v) is 16.5. The third-order valence-electron chi connectivity index (χ3n) is 10.3. The third-order valence-corrected chi connectivity index (χ3v) is 11.3. The minimum absolute atomic E-state index is 0.00438. The Kier molecular flexibility index (Phi) is 12.8. The highest BCUT2D eigenvalue weighted by atomic mass is 32.1. The molecule has 5 aromatic rings. The number of aryl methyl sites for hydroxylation is 1. The number of fused-ring (bicyclic) bond motifs is 1. The van der Waals surface area contributed by atoms with Crippen LogP contribution in [-0.2, 0) is 20.9 Å². The third kappa shape index (κ3) is 9.88. The van der Waals surface area contributed by atoms with Gasteiger partial charge in [-0.3, -0.25) is 24.4 Å². The number of hydroxylamine groups is 1. The number of aliphatic hydroxyl groups is 1. The van der Waals surface area contributed by atoms with Crippen LogP contribution >= 0.6 is 11.3 Å². The summed E-state index contributed by atoms with van der Waals surface area (Å²) in [5.74, 6) is -1.01. The van der Waals surface area contributed by atoms with Crippen molar-refractivity contribution < 1.29 is 34.2 Å². The molecule has 13 nitrogen and oxygen atoms in total. The summed E-state index contributed by atoms with van der Waals surface area (Å²) in [6.45, 7) is 10.3. The predicted octanol–water partition coefficient (Wildman–Crippen LogP) is 5.77. The summed E-state index contributed by atoms with van der Waals surface area (Å²) in [6, 6.07) is 20.6. The van der Waals surface area contributed by atoms with E-state index in [1.807, 2.05) is 112 Å². The van der Waals surface area contributed by atoms with Gasteiger partial charge in [0.15, 0.2) is 0 Å². The maximum absolute atomic E-state index is 14.0. The van der Waals surface area contributed by atoms with Crippen molar-refractivity contribution in [3.63, 3.8) is 0 Å². The van der Waals surface area contributed by atoms with Crippen molar-refractivity contribution in [2.75, 3.05) is 13.2 Å². The number of carbonyl (C=O) groups excluding carboxylic acids is 4. The number of nitrogens with one attached hydrogen (secondary N) is 3. The summed E-state index contributed by atoms with van der Waals surface area (Å²) in [5.41, 5.74) is 7.96. The molecule has 1 aliphatic heterocycles. The van der Waals surface area contributed by atoms with Gasteiger partial charge in [0.2, 0.25) is 17.7 Å². The highest BCUT2D eigenvalue weighted by Crippen LogP contribution is 2.30. The van der Waals surface area contributed by atoms with Crippen molar-refractivity contribution in [2.24, 2.45) is 5.41 Å². The van der Waals surface area contributed by atoms with Crippen LogP contribution in [0, 0.1) is 12.3 Å². The number of thiazole rings is 1. The molecule has 1 aliphatic rings. The van der Waals surface area contributed by atoms with E-state index in [1.54, 1.807) is 28.9 Å². The van der Waals surface area contributed by atoms with Crippen molar-refractivity contribution in [2.45, 2.75) is 84.7 Å². The predicted molar refractivity (Wildman–Crippen MR) is 218 cm³/mol. The van der Waals surface area contributed by atoms with Crippen LogP contribution in [-0.4, -0.2) is 79.7 Å². The first-order chi connectivity index (χ1) is 27.2. The molecule has 0 bridgehead atoms. The van der Waals surface area contributed by atoms with E-state index in [0.29, 0.717) is 24.3 Å². The van der Waals surface area contributed by atoms with Gasteiger partial charge in [0.05, 0.1) is 34.8 Å². The van der Waals surface area contributed by atoms with Crippen LogP contribution in [0.25, 0.3) is 21.3 Å². The maximum Gasteiger partial charge on any atom is 0.274 e. The van der Waals surface area contributed by atoms with Crippen LogP contribution in [0.3, 0.4) is 0 Å².